The molecule has 1 aliphatic heterocycles. The highest BCUT2D eigenvalue weighted by atomic mass is 16.5. The van der Waals surface area contributed by atoms with E-state index in [2.05, 4.69) is 46.0 Å². The van der Waals surface area contributed by atoms with E-state index in [9.17, 15) is 0 Å². The standard InChI is InChI=1S/C23H28N6O2/c1-4-30-20-16(5-7-26-21(20)24)13-31-23-22(25)27-11-19(28-23)17-9-14(2)18-12-29(3)8-6-15(18)10-17/h5,7,9-11H,4,6,8,12-13H2,1-3H3,(H2,24,26)(H2,25,27). The molecule has 0 aliphatic carbocycles. The lowest BCUT2D eigenvalue weighted by atomic mass is 9.92. The van der Waals surface area contributed by atoms with Crippen LogP contribution in [-0.2, 0) is 19.6 Å². The van der Waals surface area contributed by atoms with Crippen molar-refractivity contribution in [1.29, 1.82) is 0 Å². The molecule has 0 spiro atoms. The van der Waals surface area contributed by atoms with E-state index in [1.54, 1.807) is 18.5 Å². The number of benzene rings is 1. The van der Waals surface area contributed by atoms with Crippen molar-refractivity contribution in [2.45, 2.75) is 33.4 Å². The summed E-state index contributed by atoms with van der Waals surface area (Å²) in [6.45, 7) is 6.73. The number of pyridine rings is 1. The Hall–Kier alpha value is -3.39. The number of fused-ring (bicyclic) bond motifs is 1. The minimum atomic E-state index is 0.194. The van der Waals surface area contributed by atoms with Crippen molar-refractivity contribution in [2.24, 2.45) is 0 Å². The van der Waals surface area contributed by atoms with Gasteiger partial charge in [0.25, 0.3) is 5.88 Å². The maximum atomic E-state index is 6.04. The van der Waals surface area contributed by atoms with Gasteiger partial charge in [0.2, 0.25) is 0 Å². The molecule has 8 nitrogen and oxygen atoms in total. The highest BCUT2D eigenvalue weighted by molar-refractivity contribution is 5.64. The number of anilines is 2. The Bertz CT molecular complexity index is 1100. The Morgan fingerprint density at radius 1 is 1.13 bits per heavy atom. The summed E-state index contributed by atoms with van der Waals surface area (Å²) >= 11 is 0. The zero-order chi connectivity index (χ0) is 22.0. The first-order valence-electron chi connectivity index (χ1n) is 10.4. The molecule has 4 rings (SSSR count). The van der Waals surface area contributed by atoms with Crippen LogP contribution in [0.2, 0.25) is 0 Å². The second-order valence-electron chi connectivity index (χ2n) is 7.77. The van der Waals surface area contributed by atoms with Gasteiger partial charge in [-0.2, -0.15) is 0 Å². The van der Waals surface area contributed by atoms with Crippen molar-refractivity contribution in [2.75, 3.05) is 31.7 Å². The van der Waals surface area contributed by atoms with Gasteiger partial charge in [0.05, 0.1) is 18.5 Å². The van der Waals surface area contributed by atoms with Crippen molar-refractivity contribution in [3.63, 3.8) is 0 Å². The third-order valence-electron chi connectivity index (χ3n) is 5.49. The van der Waals surface area contributed by atoms with Crippen LogP contribution in [0.25, 0.3) is 11.3 Å². The third-order valence-corrected chi connectivity index (χ3v) is 5.49. The van der Waals surface area contributed by atoms with Crippen molar-refractivity contribution >= 4 is 11.6 Å². The Kier molecular flexibility index (Phi) is 5.90. The van der Waals surface area contributed by atoms with E-state index < -0.39 is 0 Å². The number of ether oxygens (including phenoxy) is 2. The molecule has 0 bridgehead atoms. The quantitative estimate of drug-likeness (QED) is 0.626. The van der Waals surface area contributed by atoms with Gasteiger partial charge in [0.1, 0.15) is 6.61 Å². The highest BCUT2D eigenvalue weighted by Crippen LogP contribution is 2.31. The van der Waals surface area contributed by atoms with Gasteiger partial charge in [0.15, 0.2) is 17.4 Å². The van der Waals surface area contributed by atoms with Gasteiger partial charge in [-0.15, -0.1) is 0 Å². The first kappa shape index (κ1) is 20.9. The van der Waals surface area contributed by atoms with Crippen LogP contribution in [0.4, 0.5) is 11.6 Å². The Morgan fingerprint density at radius 2 is 1.97 bits per heavy atom. The molecule has 4 N–H and O–H groups in total. The molecule has 31 heavy (non-hydrogen) atoms. The van der Waals surface area contributed by atoms with Crippen LogP contribution in [-0.4, -0.2) is 40.1 Å². The summed E-state index contributed by atoms with van der Waals surface area (Å²) in [7, 11) is 2.15. The molecule has 0 saturated heterocycles. The first-order valence-corrected chi connectivity index (χ1v) is 10.4. The molecule has 0 amide bonds. The Labute approximate surface area is 182 Å². The van der Waals surface area contributed by atoms with Crippen LogP contribution in [0, 0.1) is 6.92 Å². The van der Waals surface area contributed by atoms with Gasteiger partial charge in [-0.3, -0.25) is 0 Å². The lowest BCUT2D eigenvalue weighted by molar-refractivity contribution is 0.278. The number of rotatable bonds is 6. The summed E-state index contributed by atoms with van der Waals surface area (Å²) in [6, 6.07) is 6.16. The molecule has 3 heterocycles. The van der Waals surface area contributed by atoms with Crippen molar-refractivity contribution in [3.8, 4) is 22.9 Å². The molecule has 0 unspecified atom stereocenters. The summed E-state index contributed by atoms with van der Waals surface area (Å²) in [6.07, 6.45) is 4.33. The molecular weight excluding hydrogens is 392 g/mol. The summed E-state index contributed by atoms with van der Waals surface area (Å²) < 4.78 is 11.5. The lowest BCUT2D eigenvalue weighted by Gasteiger charge is -2.27. The predicted molar refractivity (Wildman–Crippen MR) is 121 cm³/mol. The minimum Gasteiger partial charge on any atom is -0.490 e. The second-order valence-corrected chi connectivity index (χ2v) is 7.77. The van der Waals surface area contributed by atoms with Crippen LogP contribution < -0.4 is 20.9 Å². The first-order chi connectivity index (χ1) is 15.0. The van der Waals surface area contributed by atoms with E-state index in [1.165, 1.54) is 16.7 Å². The molecule has 3 aromatic rings. The van der Waals surface area contributed by atoms with Gasteiger partial charge in [-0.1, -0.05) is 0 Å². The van der Waals surface area contributed by atoms with E-state index in [0.717, 1.165) is 36.3 Å². The average Bonchev–Trinajstić information content (AvgIpc) is 2.75. The molecule has 0 atom stereocenters. The Balaban J connectivity index is 1.60. The fourth-order valence-electron chi connectivity index (χ4n) is 3.85. The molecule has 162 valence electrons. The zero-order valence-electron chi connectivity index (χ0n) is 18.2. The predicted octanol–water partition coefficient (Wildman–Crippen LogP) is 2.98. The number of aryl methyl sites for hydroxylation is 1. The summed E-state index contributed by atoms with van der Waals surface area (Å²) in [5.74, 6) is 1.36. The van der Waals surface area contributed by atoms with Crippen molar-refractivity contribution in [3.05, 3.63) is 52.8 Å². The smallest absolute Gasteiger partial charge is 0.258 e. The number of aromatic nitrogens is 3. The van der Waals surface area contributed by atoms with Crippen molar-refractivity contribution in [1.82, 2.24) is 19.9 Å². The highest BCUT2D eigenvalue weighted by Gasteiger charge is 2.18. The summed E-state index contributed by atoms with van der Waals surface area (Å²) in [4.78, 5) is 15.4. The Morgan fingerprint density at radius 3 is 2.77 bits per heavy atom. The third kappa shape index (κ3) is 4.39. The maximum Gasteiger partial charge on any atom is 0.258 e. The average molecular weight is 421 g/mol. The van der Waals surface area contributed by atoms with Crippen LogP contribution in [0.3, 0.4) is 0 Å². The topological polar surface area (TPSA) is 112 Å². The fraction of sp³-hybridized carbons (Fsp3) is 0.348. The maximum absolute atomic E-state index is 6.04. The van der Waals surface area contributed by atoms with E-state index in [4.69, 9.17) is 20.9 Å². The van der Waals surface area contributed by atoms with Gasteiger partial charge < -0.3 is 25.8 Å². The second kappa shape index (κ2) is 8.77. The van der Waals surface area contributed by atoms with E-state index >= 15 is 0 Å². The summed E-state index contributed by atoms with van der Waals surface area (Å²) in [5, 5.41) is 0. The molecule has 1 aromatic carbocycles. The molecule has 2 aromatic heterocycles. The van der Waals surface area contributed by atoms with Crippen LogP contribution >= 0.6 is 0 Å². The lowest BCUT2D eigenvalue weighted by Crippen LogP contribution is -2.27. The molecular formula is C23H28N6O2. The fourth-order valence-corrected chi connectivity index (χ4v) is 3.85. The van der Waals surface area contributed by atoms with Gasteiger partial charge >= 0.3 is 0 Å². The van der Waals surface area contributed by atoms with Crippen LogP contribution in [0.5, 0.6) is 11.6 Å². The molecule has 0 fully saturated rings. The molecule has 8 heteroatoms. The van der Waals surface area contributed by atoms with Crippen LogP contribution in [0.15, 0.2) is 30.6 Å². The van der Waals surface area contributed by atoms with Gasteiger partial charge in [0, 0.05) is 30.4 Å². The minimum absolute atomic E-state index is 0.194. The SMILES string of the molecule is CCOc1c(COc2nc(-c3cc(C)c4c(c3)CCN(C)C4)cnc2N)ccnc1N. The number of nitrogens with two attached hydrogens (primary N) is 2. The summed E-state index contributed by atoms with van der Waals surface area (Å²) in [5.41, 5.74) is 18.5. The molecule has 0 radical (unpaired) electrons. The van der Waals surface area contributed by atoms with Crippen molar-refractivity contribution < 1.29 is 9.47 Å². The van der Waals surface area contributed by atoms with Crippen LogP contribution in [0.1, 0.15) is 29.2 Å². The molecule has 0 saturated carbocycles. The largest absolute Gasteiger partial charge is 0.490 e. The number of likely N-dealkylation sites (N-methyl/N-ethyl adjacent to an activating group) is 1. The molecule has 1 aliphatic rings. The van der Waals surface area contributed by atoms with Gasteiger partial charge in [-0.25, -0.2) is 15.0 Å². The normalized spacial score (nSPS) is 13.6. The van der Waals surface area contributed by atoms with E-state index in [0.29, 0.717) is 18.2 Å². The van der Waals surface area contributed by atoms with E-state index in [-0.39, 0.29) is 18.3 Å². The number of nitrogen functional groups attached to an aromatic ring is 2. The van der Waals surface area contributed by atoms with Gasteiger partial charge in [-0.05, 0) is 62.2 Å². The number of hydrogen-bond acceptors (Lipinski definition) is 8. The zero-order valence-corrected chi connectivity index (χ0v) is 18.2. The monoisotopic (exact) mass is 420 g/mol. The number of nitrogens with zero attached hydrogens (tertiary/aromatic N) is 4. The van der Waals surface area contributed by atoms with E-state index in [1.807, 2.05) is 6.92 Å². The number of hydrogen-bond donors (Lipinski definition) is 2.